The molecule has 1 aliphatic rings. The van der Waals surface area contributed by atoms with Crippen LogP contribution in [0.1, 0.15) is 18.9 Å². The van der Waals surface area contributed by atoms with E-state index in [2.05, 4.69) is 9.98 Å². The van der Waals surface area contributed by atoms with Gasteiger partial charge in [0.2, 0.25) is 5.91 Å². The van der Waals surface area contributed by atoms with Gasteiger partial charge in [0.15, 0.2) is 5.96 Å². The van der Waals surface area contributed by atoms with Crippen molar-refractivity contribution in [2.45, 2.75) is 18.9 Å². The maximum Gasteiger partial charge on any atom is 0.231 e. The lowest BCUT2D eigenvalue weighted by Crippen LogP contribution is -2.47. The van der Waals surface area contributed by atoms with E-state index in [-0.39, 0.29) is 23.4 Å². The van der Waals surface area contributed by atoms with Crippen molar-refractivity contribution in [1.29, 1.82) is 0 Å². The third-order valence-corrected chi connectivity index (χ3v) is 4.40. The highest BCUT2D eigenvalue weighted by atomic mass is 35.5. The number of carbonyl (C=O) groups excluding carboxylic acids is 1. The first-order valence-corrected chi connectivity index (χ1v) is 7.72. The molecule has 0 aliphatic carbocycles. The van der Waals surface area contributed by atoms with Crippen LogP contribution in [-0.2, 0) is 10.3 Å². The number of hydrogen-bond donors (Lipinski definition) is 1. The lowest BCUT2D eigenvalue weighted by Gasteiger charge is -2.33. The molecule has 0 saturated carbocycles. The van der Waals surface area contributed by atoms with Crippen molar-refractivity contribution in [2.24, 2.45) is 10.7 Å². The number of amides is 1. The molecule has 7 heteroatoms. The van der Waals surface area contributed by atoms with Gasteiger partial charge >= 0.3 is 0 Å². The zero-order chi connectivity index (χ0) is 17.5. The summed E-state index contributed by atoms with van der Waals surface area (Å²) in [6.07, 6.45) is 1.27. The summed E-state index contributed by atoms with van der Waals surface area (Å²) in [7, 11) is 1.59. The minimum atomic E-state index is -0.795. The standard InChI is InChI=1S/C17H16ClFN4O/c1-17(8-15(24)23(2)16(20)22-17)11-5-3-4-10(6-11)12-7-14(18)21-9-13(12)19/h3-7,9H,8H2,1-2H3,(H2,20,22). The molecule has 1 aliphatic heterocycles. The van der Waals surface area contributed by atoms with Crippen LogP contribution in [0.15, 0.2) is 41.5 Å². The van der Waals surface area contributed by atoms with Crippen molar-refractivity contribution in [3.05, 3.63) is 53.1 Å². The zero-order valence-electron chi connectivity index (χ0n) is 13.3. The first kappa shape index (κ1) is 16.4. The Morgan fingerprint density at radius 2 is 2.12 bits per heavy atom. The van der Waals surface area contributed by atoms with Crippen LogP contribution in [0.3, 0.4) is 0 Å². The molecule has 5 nitrogen and oxygen atoms in total. The SMILES string of the molecule is CN1C(=O)CC(C)(c2cccc(-c3cc(Cl)ncc3F)c2)N=C1N. The van der Waals surface area contributed by atoms with Crippen molar-refractivity contribution < 1.29 is 9.18 Å². The van der Waals surface area contributed by atoms with Gasteiger partial charge in [0.05, 0.1) is 18.2 Å². The molecule has 1 amide bonds. The molecule has 0 saturated heterocycles. The summed E-state index contributed by atoms with van der Waals surface area (Å²) in [4.78, 5) is 21.6. The Balaban J connectivity index is 2.08. The Hall–Kier alpha value is -2.47. The van der Waals surface area contributed by atoms with E-state index in [0.717, 1.165) is 11.8 Å². The average molecular weight is 347 g/mol. The van der Waals surface area contributed by atoms with E-state index < -0.39 is 11.4 Å². The lowest BCUT2D eigenvalue weighted by atomic mass is 9.86. The van der Waals surface area contributed by atoms with Crippen LogP contribution in [0.2, 0.25) is 5.15 Å². The fraction of sp³-hybridized carbons (Fsp3) is 0.235. The Bertz CT molecular complexity index is 854. The largest absolute Gasteiger partial charge is 0.369 e. The summed E-state index contributed by atoms with van der Waals surface area (Å²) in [5.41, 5.74) is 6.80. The number of halogens is 2. The molecule has 1 aromatic heterocycles. The maximum atomic E-state index is 14.1. The second-order valence-corrected chi connectivity index (χ2v) is 6.33. The Labute approximate surface area is 144 Å². The van der Waals surface area contributed by atoms with Crippen molar-refractivity contribution >= 4 is 23.5 Å². The van der Waals surface area contributed by atoms with Crippen LogP contribution in [0.4, 0.5) is 4.39 Å². The molecule has 0 bridgehead atoms. The van der Waals surface area contributed by atoms with Crippen LogP contribution < -0.4 is 5.73 Å². The normalized spacial score (nSPS) is 20.9. The molecule has 2 N–H and O–H groups in total. The fourth-order valence-corrected chi connectivity index (χ4v) is 2.89. The minimum absolute atomic E-state index is 0.117. The van der Waals surface area contributed by atoms with Gasteiger partial charge in [-0.05, 0) is 30.2 Å². The number of rotatable bonds is 2. The molecule has 2 heterocycles. The van der Waals surface area contributed by atoms with Crippen LogP contribution in [0.5, 0.6) is 0 Å². The molecular formula is C17H16ClFN4O. The highest BCUT2D eigenvalue weighted by Gasteiger charge is 2.36. The van der Waals surface area contributed by atoms with Crippen molar-refractivity contribution in [3.8, 4) is 11.1 Å². The predicted octanol–water partition coefficient (Wildman–Crippen LogP) is 2.93. The number of aromatic nitrogens is 1. The molecule has 0 radical (unpaired) electrons. The molecule has 1 atom stereocenters. The van der Waals surface area contributed by atoms with Gasteiger partial charge in [0, 0.05) is 12.6 Å². The smallest absolute Gasteiger partial charge is 0.231 e. The molecule has 0 fully saturated rings. The highest BCUT2D eigenvalue weighted by molar-refractivity contribution is 6.29. The van der Waals surface area contributed by atoms with E-state index in [1.165, 1.54) is 11.0 Å². The molecule has 1 aromatic carbocycles. The lowest BCUT2D eigenvalue weighted by molar-refractivity contribution is -0.128. The third-order valence-electron chi connectivity index (χ3n) is 4.19. The first-order valence-electron chi connectivity index (χ1n) is 7.34. The summed E-state index contributed by atoms with van der Waals surface area (Å²) in [6, 6.07) is 8.67. The second-order valence-electron chi connectivity index (χ2n) is 5.94. The van der Waals surface area contributed by atoms with Crippen LogP contribution in [0.25, 0.3) is 11.1 Å². The van der Waals surface area contributed by atoms with Crippen LogP contribution in [0, 0.1) is 5.82 Å². The number of hydrogen-bond acceptors (Lipinski definition) is 4. The summed E-state index contributed by atoms with van der Waals surface area (Å²) >= 11 is 5.87. The summed E-state index contributed by atoms with van der Waals surface area (Å²) in [6.45, 7) is 1.83. The topological polar surface area (TPSA) is 71.6 Å². The van der Waals surface area contributed by atoms with Gasteiger partial charge in [-0.15, -0.1) is 0 Å². The van der Waals surface area contributed by atoms with Gasteiger partial charge in [0.25, 0.3) is 0 Å². The van der Waals surface area contributed by atoms with Crippen molar-refractivity contribution in [2.75, 3.05) is 7.05 Å². The van der Waals surface area contributed by atoms with Gasteiger partial charge in [-0.25, -0.2) is 14.4 Å². The number of pyridine rings is 1. The number of aliphatic imine (C=N–C) groups is 1. The number of nitrogens with zero attached hydrogens (tertiary/aromatic N) is 3. The van der Waals surface area contributed by atoms with Gasteiger partial charge in [0.1, 0.15) is 11.0 Å². The number of benzene rings is 1. The Morgan fingerprint density at radius 3 is 2.83 bits per heavy atom. The molecule has 3 rings (SSSR count). The maximum absolute atomic E-state index is 14.1. The van der Waals surface area contributed by atoms with E-state index in [0.29, 0.717) is 11.1 Å². The van der Waals surface area contributed by atoms with Crippen LogP contribution in [-0.4, -0.2) is 28.8 Å². The Morgan fingerprint density at radius 1 is 1.38 bits per heavy atom. The van der Waals surface area contributed by atoms with Crippen LogP contribution >= 0.6 is 11.6 Å². The molecular weight excluding hydrogens is 331 g/mol. The van der Waals surface area contributed by atoms with E-state index in [1.54, 1.807) is 25.2 Å². The quantitative estimate of drug-likeness (QED) is 0.850. The minimum Gasteiger partial charge on any atom is -0.369 e. The number of guanidine groups is 1. The summed E-state index contributed by atoms with van der Waals surface area (Å²) in [5, 5.41) is 0.208. The van der Waals surface area contributed by atoms with Gasteiger partial charge in [-0.3, -0.25) is 9.69 Å². The fourth-order valence-electron chi connectivity index (χ4n) is 2.73. The van der Waals surface area contributed by atoms with Gasteiger partial charge < -0.3 is 5.73 Å². The van der Waals surface area contributed by atoms with Crippen molar-refractivity contribution in [1.82, 2.24) is 9.88 Å². The molecule has 1 unspecified atom stereocenters. The predicted molar refractivity (Wildman–Crippen MR) is 91.0 cm³/mol. The van der Waals surface area contributed by atoms with E-state index in [4.69, 9.17) is 17.3 Å². The molecule has 24 heavy (non-hydrogen) atoms. The third kappa shape index (κ3) is 2.85. The number of carbonyl (C=O) groups is 1. The highest BCUT2D eigenvalue weighted by Crippen LogP contribution is 2.35. The monoisotopic (exact) mass is 346 g/mol. The van der Waals surface area contributed by atoms with E-state index in [9.17, 15) is 9.18 Å². The number of nitrogens with two attached hydrogens (primary N) is 1. The molecule has 124 valence electrons. The van der Waals surface area contributed by atoms with Gasteiger partial charge in [-0.1, -0.05) is 29.8 Å². The summed E-state index contributed by atoms with van der Waals surface area (Å²) in [5.74, 6) is -0.421. The van der Waals surface area contributed by atoms with E-state index >= 15 is 0 Å². The molecule has 2 aromatic rings. The molecule has 0 spiro atoms. The Kier molecular flexibility index (Phi) is 4.01. The van der Waals surface area contributed by atoms with Crippen molar-refractivity contribution in [3.63, 3.8) is 0 Å². The summed E-state index contributed by atoms with van der Waals surface area (Å²) < 4.78 is 14.1. The second kappa shape index (κ2) is 5.87. The average Bonchev–Trinajstić information content (AvgIpc) is 2.55. The van der Waals surface area contributed by atoms with Gasteiger partial charge in [-0.2, -0.15) is 0 Å². The van der Waals surface area contributed by atoms with E-state index in [1.807, 2.05) is 13.0 Å². The zero-order valence-corrected chi connectivity index (χ0v) is 14.0. The first-order chi connectivity index (χ1) is 11.3.